The van der Waals surface area contributed by atoms with Gasteiger partial charge in [-0.05, 0) is 18.2 Å². The highest BCUT2D eigenvalue weighted by Gasteiger charge is 2.05. The summed E-state index contributed by atoms with van der Waals surface area (Å²) in [6.45, 7) is 0. The van der Waals surface area contributed by atoms with Crippen molar-refractivity contribution in [1.82, 2.24) is 4.98 Å². The van der Waals surface area contributed by atoms with E-state index in [1.54, 1.807) is 12.1 Å². The minimum atomic E-state index is 0.149. The van der Waals surface area contributed by atoms with Crippen LogP contribution < -0.4 is 5.73 Å². The third-order valence-corrected chi connectivity index (χ3v) is 2.36. The Hall–Kier alpha value is -1.00. The molecule has 5 heteroatoms. The van der Waals surface area contributed by atoms with Crippen molar-refractivity contribution < 1.29 is 4.42 Å². The second-order valence-corrected chi connectivity index (χ2v) is 4.08. The number of nitrogens with two attached hydrogens (primary N) is 1. The summed E-state index contributed by atoms with van der Waals surface area (Å²) in [5.41, 5.74) is 6.91. The highest BCUT2D eigenvalue weighted by molar-refractivity contribution is 9.10. The van der Waals surface area contributed by atoms with Gasteiger partial charge in [-0.25, -0.2) is 0 Å². The van der Waals surface area contributed by atoms with E-state index in [-0.39, 0.29) is 6.01 Å². The quantitative estimate of drug-likeness (QED) is 0.867. The molecule has 0 radical (unpaired) electrons. The number of oxazole rings is 1. The van der Waals surface area contributed by atoms with E-state index >= 15 is 0 Å². The Morgan fingerprint density at radius 1 is 1.36 bits per heavy atom. The van der Waals surface area contributed by atoms with Crippen LogP contribution in [0.25, 0.3) is 11.3 Å². The lowest BCUT2D eigenvalue weighted by atomic mass is 10.2. The topological polar surface area (TPSA) is 52.0 Å². The molecule has 0 aliphatic carbocycles. The Morgan fingerprint density at radius 2 is 2.14 bits per heavy atom. The van der Waals surface area contributed by atoms with Crippen molar-refractivity contribution in [2.45, 2.75) is 0 Å². The maximum absolute atomic E-state index is 5.89. The second-order valence-electron chi connectivity index (χ2n) is 2.73. The molecule has 72 valence electrons. The van der Waals surface area contributed by atoms with Gasteiger partial charge in [0.25, 0.3) is 6.01 Å². The molecule has 0 amide bonds. The van der Waals surface area contributed by atoms with E-state index in [4.69, 9.17) is 21.8 Å². The highest BCUT2D eigenvalue weighted by Crippen LogP contribution is 2.27. The number of halogens is 2. The monoisotopic (exact) mass is 272 g/mol. The van der Waals surface area contributed by atoms with Crippen molar-refractivity contribution in [3.63, 3.8) is 0 Å². The van der Waals surface area contributed by atoms with E-state index in [0.717, 1.165) is 10.0 Å². The fourth-order valence-electron chi connectivity index (χ4n) is 1.12. The first-order valence-electron chi connectivity index (χ1n) is 3.82. The van der Waals surface area contributed by atoms with Gasteiger partial charge in [-0.1, -0.05) is 27.5 Å². The fourth-order valence-corrected chi connectivity index (χ4v) is 1.98. The van der Waals surface area contributed by atoms with Gasteiger partial charge in [0.15, 0.2) is 0 Å². The summed E-state index contributed by atoms with van der Waals surface area (Å²) in [6.07, 6.45) is 1.49. The normalized spacial score (nSPS) is 10.4. The van der Waals surface area contributed by atoms with Crippen LogP contribution in [0.1, 0.15) is 0 Å². The van der Waals surface area contributed by atoms with Crippen LogP contribution in [-0.2, 0) is 0 Å². The van der Waals surface area contributed by atoms with Crippen molar-refractivity contribution in [2.75, 3.05) is 5.73 Å². The number of nitrogens with zero attached hydrogens (tertiary/aromatic N) is 1. The Bertz CT molecular complexity index is 449. The average molecular weight is 274 g/mol. The molecule has 0 bridgehead atoms. The van der Waals surface area contributed by atoms with E-state index in [1.807, 2.05) is 6.07 Å². The number of rotatable bonds is 1. The number of benzene rings is 1. The molecule has 0 saturated heterocycles. The SMILES string of the molecule is Nc1nc(-c2cc(Cl)cc(Br)c2)co1. The van der Waals surface area contributed by atoms with Gasteiger partial charge in [-0.2, -0.15) is 4.98 Å². The van der Waals surface area contributed by atoms with Crippen LogP contribution in [0.3, 0.4) is 0 Å². The predicted molar refractivity (Wildman–Crippen MR) is 59.1 cm³/mol. The third-order valence-electron chi connectivity index (χ3n) is 1.68. The van der Waals surface area contributed by atoms with E-state index in [1.165, 1.54) is 6.26 Å². The van der Waals surface area contributed by atoms with Crippen LogP contribution in [0.2, 0.25) is 5.02 Å². The van der Waals surface area contributed by atoms with Crippen molar-refractivity contribution in [2.24, 2.45) is 0 Å². The molecule has 3 nitrogen and oxygen atoms in total. The second kappa shape index (κ2) is 3.63. The molecule has 2 rings (SSSR count). The largest absolute Gasteiger partial charge is 0.432 e. The summed E-state index contributed by atoms with van der Waals surface area (Å²) in [4.78, 5) is 3.99. The van der Waals surface area contributed by atoms with Gasteiger partial charge in [0.2, 0.25) is 0 Å². The van der Waals surface area contributed by atoms with Crippen LogP contribution in [0, 0.1) is 0 Å². The summed E-state index contributed by atoms with van der Waals surface area (Å²) in [5, 5.41) is 0.635. The van der Waals surface area contributed by atoms with Crippen molar-refractivity contribution in [3.05, 3.63) is 34.0 Å². The van der Waals surface area contributed by atoms with Crippen LogP contribution >= 0.6 is 27.5 Å². The van der Waals surface area contributed by atoms with E-state index < -0.39 is 0 Å². The lowest BCUT2D eigenvalue weighted by Crippen LogP contribution is -1.83. The van der Waals surface area contributed by atoms with E-state index in [2.05, 4.69) is 20.9 Å². The van der Waals surface area contributed by atoms with Gasteiger partial charge < -0.3 is 10.2 Å². The Kier molecular flexibility index (Phi) is 2.48. The molecule has 0 fully saturated rings. The minimum Gasteiger partial charge on any atom is -0.432 e. The molecule has 1 aromatic heterocycles. The number of hydrogen-bond donors (Lipinski definition) is 1. The zero-order chi connectivity index (χ0) is 10.1. The van der Waals surface area contributed by atoms with Crippen molar-refractivity contribution >= 4 is 33.5 Å². The van der Waals surface area contributed by atoms with Crippen molar-refractivity contribution in [1.29, 1.82) is 0 Å². The molecular formula is C9H6BrClN2O. The predicted octanol–water partition coefficient (Wildman–Crippen LogP) is 3.34. The number of anilines is 1. The summed E-state index contributed by atoms with van der Waals surface area (Å²) in [7, 11) is 0. The van der Waals surface area contributed by atoms with Gasteiger partial charge >= 0.3 is 0 Å². The molecule has 2 aromatic rings. The number of nitrogen functional groups attached to an aromatic ring is 1. The van der Waals surface area contributed by atoms with Crippen LogP contribution in [-0.4, -0.2) is 4.98 Å². The number of hydrogen-bond acceptors (Lipinski definition) is 3. The maximum Gasteiger partial charge on any atom is 0.292 e. The molecule has 0 unspecified atom stereocenters. The Labute approximate surface area is 94.0 Å². The highest BCUT2D eigenvalue weighted by atomic mass is 79.9. The van der Waals surface area contributed by atoms with Crippen LogP contribution in [0.15, 0.2) is 33.4 Å². The van der Waals surface area contributed by atoms with Gasteiger partial charge in [-0.3, -0.25) is 0 Å². The van der Waals surface area contributed by atoms with Gasteiger partial charge in [0, 0.05) is 15.1 Å². The fraction of sp³-hybridized carbons (Fsp3) is 0. The molecule has 2 N–H and O–H groups in total. The first-order chi connectivity index (χ1) is 6.65. The molecule has 0 atom stereocenters. The standard InChI is InChI=1S/C9H6BrClN2O/c10-6-1-5(2-7(11)3-6)8-4-14-9(12)13-8/h1-4H,(H2,12,13). The Balaban J connectivity index is 2.51. The van der Waals surface area contributed by atoms with Crippen LogP contribution in [0.5, 0.6) is 0 Å². The minimum absolute atomic E-state index is 0.149. The molecular weight excluding hydrogens is 267 g/mol. The van der Waals surface area contributed by atoms with Gasteiger partial charge in [-0.15, -0.1) is 0 Å². The van der Waals surface area contributed by atoms with E-state index in [9.17, 15) is 0 Å². The zero-order valence-electron chi connectivity index (χ0n) is 7.00. The molecule has 1 heterocycles. The molecule has 0 spiro atoms. The zero-order valence-corrected chi connectivity index (χ0v) is 9.34. The summed E-state index contributed by atoms with van der Waals surface area (Å²) >= 11 is 9.23. The lowest BCUT2D eigenvalue weighted by molar-refractivity contribution is 0.581. The van der Waals surface area contributed by atoms with E-state index in [0.29, 0.717) is 10.7 Å². The summed E-state index contributed by atoms with van der Waals surface area (Å²) in [5.74, 6) is 0. The van der Waals surface area contributed by atoms with Crippen molar-refractivity contribution in [3.8, 4) is 11.3 Å². The van der Waals surface area contributed by atoms with Crippen LogP contribution in [0.4, 0.5) is 6.01 Å². The third kappa shape index (κ3) is 1.91. The molecule has 0 aliphatic heterocycles. The first-order valence-corrected chi connectivity index (χ1v) is 5.00. The first kappa shape index (κ1) is 9.55. The van der Waals surface area contributed by atoms with Gasteiger partial charge in [0.1, 0.15) is 12.0 Å². The molecule has 0 aliphatic rings. The lowest BCUT2D eigenvalue weighted by Gasteiger charge is -1.98. The maximum atomic E-state index is 5.89. The molecule has 14 heavy (non-hydrogen) atoms. The molecule has 0 saturated carbocycles. The Morgan fingerprint density at radius 3 is 2.71 bits per heavy atom. The summed E-state index contributed by atoms with van der Waals surface area (Å²) in [6, 6.07) is 5.64. The average Bonchev–Trinajstić information content (AvgIpc) is 2.50. The smallest absolute Gasteiger partial charge is 0.292 e. The van der Waals surface area contributed by atoms with Gasteiger partial charge in [0.05, 0.1) is 0 Å². The molecule has 1 aromatic carbocycles. The summed E-state index contributed by atoms with van der Waals surface area (Å²) < 4.78 is 5.80. The number of aromatic nitrogens is 1.